The fourth-order valence-electron chi connectivity index (χ4n) is 17.3. The maximum atomic E-state index is 12.5. The molecule has 12 aromatic heterocycles. The summed E-state index contributed by atoms with van der Waals surface area (Å²) in [6.07, 6.45) is 34.0. The summed E-state index contributed by atoms with van der Waals surface area (Å²) in [4.78, 5) is 12.8. The van der Waals surface area contributed by atoms with E-state index in [9.17, 15) is 4.39 Å². The first-order valence-corrected chi connectivity index (χ1v) is 54.4. The van der Waals surface area contributed by atoms with Crippen LogP contribution in [-0.2, 0) is 34.7 Å². The third-order valence-electron chi connectivity index (χ3n) is 26.0. The lowest BCUT2D eigenvalue weighted by molar-refractivity contribution is 0.237. The number of aromatic amines is 3. The average molecular weight is 2010 g/mol. The topological polar surface area (TPSA) is 234 Å². The van der Waals surface area contributed by atoms with Gasteiger partial charge in [-0.05, 0) is 300 Å². The van der Waals surface area contributed by atoms with Gasteiger partial charge in [0.25, 0.3) is 0 Å². The molecular formula is C118H200FN23OS. The van der Waals surface area contributed by atoms with Crippen LogP contribution in [0.5, 0.6) is 0 Å². The Balaban J connectivity index is 0.000000399. The number of halogens is 1. The minimum Gasteiger partial charge on any atom is -0.469 e. The molecule has 24 nitrogen and oxygen atoms in total. The summed E-state index contributed by atoms with van der Waals surface area (Å²) in [6, 6.07) is 19.2. The van der Waals surface area contributed by atoms with Gasteiger partial charge in [0.15, 0.2) is 0 Å². The van der Waals surface area contributed by atoms with Gasteiger partial charge in [-0.1, -0.05) is 204 Å². The highest BCUT2D eigenvalue weighted by Crippen LogP contribution is 2.32. The Labute approximate surface area is 877 Å². The van der Waals surface area contributed by atoms with Crippen LogP contribution in [0.3, 0.4) is 0 Å². The molecule has 2 atom stereocenters. The van der Waals surface area contributed by atoms with Crippen LogP contribution in [0, 0.1) is 69.2 Å². The molecule has 26 heteroatoms. The van der Waals surface area contributed by atoms with E-state index in [1.807, 2.05) is 164 Å². The zero-order valence-corrected chi connectivity index (χ0v) is 99.4. The van der Waals surface area contributed by atoms with Crippen molar-refractivity contribution in [3.05, 3.63) is 252 Å². The number of aromatic nitrogens is 20. The van der Waals surface area contributed by atoms with E-state index in [4.69, 9.17) is 4.42 Å². The molecule has 13 aromatic rings. The van der Waals surface area contributed by atoms with Gasteiger partial charge in [0.05, 0.1) is 83.0 Å². The van der Waals surface area contributed by atoms with E-state index in [1.54, 1.807) is 0 Å². The number of furan rings is 1. The lowest BCUT2D eigenvalue weighted by Crippen LogP contribution is -2.34. The monoisotopic (exact) mass is 2010 g/mol. The van der Waals surface area contributed by atoms with Crippen molar-refractivity contribution in [3.63, 3.8) is 0 Å². The number of likely N-dealkylation sites (N-methyl/N-ethyl adjacent to an activating group) is 1. The van der Waals surface area contributed by atoms with Crippen molar-refractivity contribution < 1.29 is 8.81 Å². The second-order valence-corrected chi connectivity index (χ2v) is 44.8. The van der Waals surface area contributed by atoms with Gasteiger partial charge in [-0.25, -0.2) is 14.1 Å². The van der Waals surface area contributed by atoms with Crippen LogP contribution in [-0.4, -0.2) is 178 Å². The number of H-pyrrole nitrogens is 3. The van der Waals surface area contributed by atoms with Crippen LogP contribution in [0.15, 0.2) is 134 Å². The highest BCUT2D eigenvalue weighted by Gasteiger charge is 2.26. The predicted molar refractivity (Wildman–Crippen MR) is 609 cm³/mol. The van der Waals surface area contributed by atoms with E-state index >= 15 is 0 Å². The molecule has 3 aliphatic rings. The van der Waals surface area contributed by atoms with E-state index in [0.717, 1.165) is 60.9 Å². The minimum absolute atomic E-state index is 0.519. The fraction of sp³-hybridized carbons (Fsp3) is 0.627. The molecule has 0 bridgehead atoms. The van der Waals surface area contributed by atoms with Gasteiger partial charge in [-0.2, -0.15) is 45.9 Å². The maximum absolute atomic E-state index is 12.5. The summed E-state index contributed by atoms with van der Waals surface area (Å²) in [6.45, 7) is 89.1. The summed E-state index contributed by atoms with van der Waals surface area (Å²) in [5, 5.41) is 47.5. The van der Waals surface area contributed by atoms with Gasteiger partial charge in [-0.15, -0.1) is 11.3 Å². The molecule has 0 unspecified atom stereocenters. The van der Waals surface area contributed by atoms with Crippen LogP contribution < -0.4 is 0 Å². The van der Waals surface area contributed by atoms with Crippen LogP contribution in [0.25, 0.3) is 5.69 Å². The largest absolute Gasteiger partial charge is 0.469 e. The summed E-state index contributed by atoms with van der Waals surface area (Å²) in [5.41, 5.74) is 25.3. The predicted octanol–water partition coefficient (Wildman–Crippen LogP) is 30.1. The van der Waals surface area contributed by atoms with Crippen molar-refractivity contribution in [2.45, 2.75) is 423 Å². The lowest BCUT2D eigenvalue weighted by atomic mass is 10.0. The smallest absolute Gasteiger partial charge is 0.114 e. The first-order chi connectivity index (χ1) is 67.5. The van der Waals surface area contributed by atoms with Gasteiger partial charge < -0.3 is 13.9 Å². The van der Waals surface area contributed by atoms with Crippen molar-refractivity contribution in [2.24, 2.45) is 28.2 Å². The first kappa shape index (κ1) is 128. The Hall–Kier alpha value is -9.89. The number of likely N-dealkylation sites (tertiary alicyclic amines) is 2. The molecule has 1 aliphatic carbocycles. The van der Waals surface area contributed by atoms with Gasteiger partial charge in [0, 0.05) is 150 Å². The molecule has 3 N–H and O–H groups in total. The summed E-state index contributed by atoms with van der Waals surface area (Å²) in [5.74, 6) is 8.14. The van der Waals surface area contributed by atoms with Crippen LogP contribution >= 0.6 is 11.3 Å². The van der Waals surface area contributed by atoms with E-state index in [2.05, 4.69) is 403 Å². The zero-order chi connectivity index (χ0) is 109. The Kier molecular flexibility index (Phi) is 58.5. The Morgan fingerprint density at radius 2 is 0.972 bits per heavy atom. The average Bonchev–Trinajstić information content (AvgIpc) is 1.68. The van der Waals surface area contributed by atoms with Crippen molar-refractivity contribution in [1.82, 2.24) is 114 Å². The second kappa shape index (κ2) is 65.7. The molecule has 0 radical (unpaired) electrons. The van der Waals surface area contributed by atoms with Gasteiger partial charge >= 0.3 is 0 Å². The molecule has 0 amide bonds. The van der Waals surface area contributed by atoms with E-state index in [0.29, 0.717) is 89.6 Å². The second-order valence-electron chi connectivity index (χ2n) is 43.5. The van der Waals surface area contributed by atoms with Crippen LogP contribution in [0.1, 0.15) is 445 Å². The zero-order valence-electron chi connectivity index (χ0n) is 98.6. The fourth-order valence-corrected chi connectivity index (χ4v) is 18.2. The lowest BCUT2D eigenvalue weighted by Gasteiger charge is -2.22. The summed E-state index contributed by atoms with van der Waals surface area (Å²) < 4.78 is 31.6. The highest BCUT2D eigenvalue weighted by atomic mass is 32.1. The number of hydrogen-bond acceptors (Lipinski definition) is 15. The number of aryl methyl sites for hydroxylation is 14. The summed E-state index contributed by atoms with van der Waals surface area (Å²) in [7, 11) is 12.3. The normalized spacial score (nSPS) is 14.0. The van der Waals surface area contributed by atoms with Crippen molar-refractivity contribution in [2.75, 3.05) is 40.3 Å². The molecule has 2 saturated heterocycles. The van der Waals surface area contributed by atoms with Crippen molar-refractivity contribution in [3.8, 4) is 5.69 Å². The van der Waals surface area contributed by atoms with E-state index in [1.165, 1.54) is 151 Å². The number of nitrogens with zero attached hydrogens (tertiary/aromatic N) is 20. The number of thiazole rings is 1. The van der Waals surface area contributed by atoms with Crippen molar-refractivity contribution in [1.29, 1.82) is 0 Å². The number of benzene rings is 1. The van der Waals surface area contributed by atoms with E-state index in [-0.39, 0.29) is 0 Å². The Morgan fingerprint density at radius 1 is 0.458 bits per heavy atom. The number of para-hydroxylation sites is 1. The quantitative estimate of drug-likeness (QED) is 0.0683. The highest BCUT2D eigenvalue weighted by molar-refractivity contribution is 7.11. The number of hydrogen-bond donors (Lipinski definition) is 3. The van der Waals surface area contributed by atoms with E-state index < -0.39 is 6.17 Å². The third kappa shape index (κ3) is 45.6. The maximum Gasteiger partial charge on any atom is 0.114 e. The molecule has 16 rings (SSSR count). The molecule has 2 aliphatic heterocycles. The standard InChI is InChI=1S/C12H14N2.C11H18N2.C9H20N2.2C9H16N2.C9H14O.C8H14N2.C8H13NS.C8H13N.C7H14FN.4C7H12N2/c1-10(2)11-8-13-14(9-11)12-6-4-3-5-7-12;1-9(2)10-7-12-13(8-10)11-5-3-4-6-11;1-8(2)11-6-5-9(7-11)10(3)4;1-6(2)9-7(3)10-11(5)8(9)4;1-4-5-11-7-9(6-10-11)8(2)3;1-6(2)9-7(3)5-10-8(9)4;1-5(2)8-6(3)9-10-7(8)4;1-5(2)8-6(3)9-7(4)10-8;1-7(2)8-5-4-6-9(8)3;1-6(2)9-4-3-7(8)5-9;1-6(2)7-4-8-9(3)5-7;1-6(2)7-4-5-9(3)8-7;2*1-5(2)7-4-8-9-6(7)3/h3-10H,1-2H3;7-9,11H,3-6H2,1-2H3;8-9H,5-7H2,1-4H3;6H,1-5H3;6-8H,4-5H2,1-3H3;5-6H,1-4H3;5H,1-4H3,(H,9,10);5H,1-4H3;4-7H,1-3H3;6-7H,3-5H2,1-2H3;2*4-6H,1-3H3;2*4-5H,1-3H3,(H,8,9)/t;;9-;;;;;;;7-;;;;/m..0......0..../s1. The SMILES string of the molecule is CC(C)N1CC[C@H](F)C1.CC(C)N1CC[C@H](N(C)C)C1.CC(C)c1cccn1C.CC(C)c1ccn(C)n1.CC(C)c1cnn(-c2ccccc2)c1.CC(C)c1cnn(C)c1.CC(C)c1cnn(C2CCCC2)c1.CCCn1cc(C(C)C)cn1.Cc1[nH]ncc1C(C)C.Cc1[nH]ncc1C(C)C.Cc1coc(C)c1C(C)C.Cc1n[nH]c(C)c1C(C)C.Cc1nc(C)c(C(C)C)s1.Cc1nn(C)c(C)c1C(C)C. The van der Waals surface area contributed by atoms with Gasteiger partial charge in [0.2, 0.25) is 0 Å². The summed E-state index contributed by atoms with van der Waals surface area (Å²) >= 11 is 1.81. The Bertz CT molecular complexity index is 5250. The van der Waals surface area contributed by atoms with Crippen LogP contribution in [0.2, 0.25) is 0 Å². The molecule has 1 aromatic carbocycles. The minimum atomic E-state index is -0.563. The number of rotatable bonds is 19. The van der Waals surface area contributed by atoms with Crippen molar-refractivity contribution >= 4 is 11.3 Å². The number of alkyl halides is 1. The van der Waals surface area contributed by atoms with Gasteiger partial charge in [-0.3, -0.25) is 48.5 Å². The first-order valence-electron chi connectivity index (χ1n) is 53.6. The molecule has 14 heterocycles. The molecule has 0 spiro atoms. The van der Waals surface area contributed by atoms with Gasteiger partial charge in [0.1, 0.15) is 11.9 Å². The number of nitrogens with one attached hydrogen (secondary N) is 3. The Morgan fingerprint density at radius 3 is 1.26 bits per heavy atom. The van der Waals surface area contributed by atoms with Crippen LogP contribution in [0.4, 0.5) is 4.39 Å². The molecule has 806 valence electrons. The molecule has 3 fully saturated rings. The third-order valence-corrected chi connectivity index (χ3v) is 27.4. The molecular weight excluding hydrogens is 1810 g/mol. The molecule has 144 heavy (non-hydrogen) atoms. The molecule has 1 saturated carbocycles.